The van der Waals surface area contributed by atoms with Crippen molar-refractivity contribution in [1.82, 2.24) is 19.7 Å². The second-order valence-electron chi connectivity index (χ2n) is 10.7. The number of nitrogens with zero attached hydrogens (tertiary/aromatic N) is 4. The van der Waals surface area contributed by atoms with Gasteiger partial charge < -0.3 is 10.0 Å². The number of phenols is 1. The highest BCUT2D eigenvalue weighted by Crippen LogP contribution is 2.46. The molecule has 1 aliphatic heterocycles. The van der Waals surface area contributed by atoms with Crippen molar-refractivity contribution in [3.05, 3.63) is 39.0 Å². The zero-order valence-electron chi connectivity index (χ0n) is 19.9. The van der Waals surface area contributed by atoms with E-state index < -0.39 is 0 Å². The van der Waals surface area contributed by atoms with Crippen molar-refractivity contribution in [2.24, 2.45) is 12.5 Å². The van der Waals surface area contributed by atoms with Crippen LogP contribution in [0.25, 0.3) is 10.9 Å². The molecule has 0 saturated carbocycles. The number of rotatable bonds is 1. The Morgan fingerprint density at radius 3 is 2.55 bits per heavy atom. The lowest BCUT2D eigenvalue weighted by Crippen LogP contribution is -2.46. The van der Waals surface area contributed by atoms with Crippen molar-refractivity contribution in [3.8, 4) is 5.75 Å². The number of likely N-dealkylation sites (tertiary alicyclic amines) is 1. The lowest BCUT2D eigenvalue weighted by Gasteiger charge is -2.43. The average molecular weight is 467 g/mol. The fourth-order valence-corrected chi connectivity index (χ4v) is 6.56. The Kier molecular flexibility index (Phi) is 4.94. The van der Waals surface area contributed by atoms with Gasteiger partial charge in [-0.2, -0.15) is 5.10 Å². The number of thiazole rings is 1. The number of ketones is 1. The van der Waals surface area contributed by atoms with Crippen LogP contribution in [-0.4, -0.2) is 49.6 Å². The molecule has 3 aromatic rings. The molecule has 0 radical (unpaired) electrons. The van der Waals surface area contributed by atoms with E-state index in [0.29, 0.717) is 36.3 Å². The van der Waals surface area contributed by atoms with Gasteiger partial charge in [0, 0.05) is 47.8 Å². The lowest BCUT2D eigenvalue weighted by molar-refractivity contribution is 0.0522. The monoisotopic (exact) mass is 466 g/mol. The molecule has 7 nitrogen and oxygen atoms in total. The molecule has 1 N–H and O–H groups in total. The number of aromatic hydroxyl groups is 1. The first-order valence-electron chi connectivity index (χ1n) is 11.5. The Labute approximate surface area is 197 Å². The molecule has 1 fully saturated rings. The van der Waals surface area contributed by atoms with Gasteiger partial charge in [-0.15, -0.1) is 11.3 Å². The number of piperidine rings is 1. The average Bonchev–Trinajstić information content (AvgIpc) is 3.29. The normalized spacial score (nSPS) is 18.2. The molecule has 1 aliphatic carbocycles. The lowest BCUT2D eigenvalue weighted by atomic mass is 9.68. The van der Waals surface area contributed by atoms with E-state index in [1.165, 1.54) is 6.07 Å². The molecule has 33 heavy (non-hydrogen) atoms. The van der Waals surface area contributed by atoms with E-state index in [4.69, 9.17) is 0 Å². The van der Waals surface area contributed by atoms with Gasteiger partial charge in [0.2, 0.25) is 0 Å². The molecule has 2 aliphatic rings. The number of carbonyl (C=O) groups is 2. The fourth-order valence-electron chi connectivity index (χ4n) is 5.25. The highest BCUT2D eigenvalue weighted by atomic mass is 32.1. The van der Waals surface area contributed by atoms with Gasteiger partial charge in [0.15, 0.2) is 5.78 Å². The van der Waals surface area contributed by atoms with Crippen molar-refractivity contribution >= 4 is 33.9 Å². The Hall–Kier alpha value is -2.74. The number of phenolic OH excluding ortho intramolecular Hbond substituents is 1. The predicted molar refractivity (Wildman–Crippen MR) is 128 cm³/mol. The molecule has 2 aromatic heterocycles. The quantitative estimate of drug-likeness (QED) is 0.575. The summed E-state index contributed by atoms with van der Waals surface area (Å²) in [5.41, 5.74) is 2.41. The minimum absolute atomic E-state index is 0.0650. The second-order valence-corrected chi connectivity index (χ2v) is 11.8. The van der Waals surface area contributed by atoms with Gasteiger partial charge in [-0.3, -0.25) is 14.3 Å². The van der Waals surface area contributed by atoms with E-state index in [-0.39, 0.29) is 28.3 Å². The van der Waals surface area contributed by atoms with Crippen molar-refractivity contribution in [1.29, 1.82) is 0 Å². The smallest absolute Gasteiger partial charge is 0.254 e. The standard InChI is InChI=1S/C25H30N4O3S/c1-14-16-10-15(11-17(30)21(16)28(5)27-14)22(32)29-8-6-25(7-9-29)12-18(31)20-19(13-25)33-23(26-20)24(2,3)4/h10-11,30H,6-9,12-13H2,1-5H3. The molecule has 174 valence electrons. The van der Waals surface area contributed by atoms with E-state index in [9.17, 15) is 14.7 Å². The van der Waals surface area contributed by atoms with Crippen LogP contribution in [0.2, 0.25) is 0 Å². The summed E-state index contributed by atoms with van der Waals surface area (Å²) in [7, 11) is 1.78. The third-order valence-electron chi connectivity index (χ3n) is 7.14. The molecule has 1 saturated heterocycles. The Morgan fingerprint density at radius 2 is 1.88 bits per heavy atom. The maximum atomic E-state index is 13.3. The molecular weight excluding hydrogens is 436 g/mol. The van der Waals surface area contributed by atoms with Crippen LogP contribution in [0.4, 0.5) is 0 Å². The summed E-state index contributed by atoms with van der Waals surface area (Å²) in [5, 5.41) is 16.7. The molecule has 8 heteroatoms. The summed E-state index contributed by atoms with van der Waals surface area (Å²) in [6.07, 6.45) is 2.97. The van der Waals surface area contributed by atoms with E-state index >= 15 is 0 Å². The van der Waals surface area contributed by atoms with Crippen LogP contribution in [0.15, 0.2) is 12.1 Å². The van der Waals surface area contributed by atoms with Gasteiger partial charge in [0.1, 0.15) is 17.0 Å². The number of aromatic nitrogens is 3. The number of amides is 1. The van der Waals surface area contributed by atoms with Crippen molar-refractivity contribution < 1.29 is 14.7 Å². The fraction of sp³-hybridized carbons (Fsp3) is 0.520. The molecule has 3 heterocycles. The summed E-state index contributed by atoms with van der Waals surface area (Å²) < 4.78 is 1.64. The number of fused-ring (bicyclic) bond motifs is 2. The number of carbonyl (C=O) groups excluding carboxylic acids is 2. The zero-order valence-corrected chi connectivity index (χ0v) is 20.7. The summed E-state index contributed by atoms with van der Waals surface area (Å²) in [6, 6.07) is 3.36. The molecular formula is C25H30N4O3S. The van der Waals surface area contributed by atoms with Crippen LogP contribution in [0, 0.1) is 12.3 Å². The first-order chi connectivity index (χ1) is 15.5. The minimum Gasteiger partial charge on any atom is -0.506 e. The first-order valence-corrected chi connectivity index (χ1v) is 12.3. The maximum absolute atomic E-state index is 13.3. The van der Waals surface area contributed by atoms with Gasteiger partial charge in [-0.1, -0.05) is 20.8 Å². The summed E-state index contributed by atoms with van der Waals surface area (Å²) in [5.74, 6) is 0.129. The van der Waals surface area contributed by atoms with E-state index in [1.807, 2.05) is 17.9 Å². The van der Waals surface area contributed by atoms with Crippen LogP contribution in [0.5, 0.6) is 5.75 Å². The zero-order chi connectivity index (χ0) is 23.7. The van der Waals surface area contributed by atoms with Gasteiger partial charge in [0.05, 0.1) is 10.7 Å². The second kappa shape index (κ2) is 7.38. The van der Waals surface area contributed by atoms with E-state index in [0.717, 1.165) is 40.2 Å². The van der Waals surface area contributed by atoms with Gasteiger partial charge in [-0.05, 0) is 43.7 Å². The highest BCUT2D eigenvalue weighted by molar-refractivity contribution is 7.12. The molecule has 0 unspecified atom stereocenters. The Balaban J connectivity index is 1.35. The molecule has 5 rings (SSSR count). The van der Waals surface area contributed by atoms with Crippen LogP contribution in [-0.2, 0) is 18.9 Å². The third kappa shape index (κ3) is 3.64. The van der Waals surface area contributed by atoms with E-state index in [2.05, 4.69) is 30.9 Å². The Morgan fingerprint density at radius 1 is 1.18 bits per heavy atom. The SMILES string of the molecule is Cc1nn(C)c2c(O)cc(C(=O)N3CCC4(CC3)CC(=O)c3nc(C(C)(C)C)sc3C4)cc12. The van der Waals surface area contributed by atoms with E-state index in [1.54, 1.807) is 23.1 Å². The number of hydrogen-bond acceptors (Lipinski definition) is 6. The highest BCUT2D eigenvalue weighted by Gasteiger charge is 2.44. The maximum Gasteiger partial charge on any atom is 0.254 e. The summed E-state index contributed by atoms with van der Waals surface area (Å²) in [4.78, 5) is 33.9. The molecule has 0 atom stereocenters. The van der Waals surface area contributed by atoms with Crippen molar-refractivity contribution in [2.45, 2.75) is 58.8 Å². The molecule has 1 aromatic carbocycles. The predicted octanol–water partition coefficient (Wildman–Crippen LogP) is 4.39. The topological polar surface area (TPSA) is 88.3 Å². The first kappa shape index (κ1) is 22.1. The van der Waals surface area contributed by atoms with Gasteiger partial charge >= 0.3 is 0 Å². The minimum atomic E-state index is -0.0887. The summed E-state index contributed by atoms with van der Waals surface area (Å²) >= 11 is 1.68. The molecule has 0 bridgehead atoms. The van der Waals surface area contributed by atoms with Crippen molar-refractivity contribution in [2.75, 3.05) is 13.1 Å². The Bertz CT molecular complexity index is 1290. The number of benzene rings is 1. The number of hydrogen-bond donors (Lipinski definition) is 1. The van der Waals surface area contributed by atoms with Crippen LogP contribution < -0.4 is 0 Å². The van der Waals surface area contributed by atoms with Gasteiger partial charge in [-0.25, -0.2) is 4.98 Å². The summed E-state index contributed by atoms with van der Waals surface area (Å²) in [6.45, 7) is 9.48. The van der Waals surface area contributed by atoms with Crippen LogP contribution >= 0.6 is 11.3 Å². The van der Waals surface area contributed by atoms with Crippen LogP contribution in [0.3, 0.4) is 0 Å². The van der Waals surface area contributed by atoms with Crippen molar-refractivity contribution in [3.63, 3.8) is 0 Å². The number of Topliss-reactive ketones (excluding diaryl/α,β-unsaturated/α-hetero) is 1. The van der Waals surface area contributed by atoms with Crippen LogP contribution in [0.1, 0.15) is 76.5 Å². The largest absolute Gasteiger partial charge is 0.506 e. The molecule has 1 spiro atoms. The number of aryl methyl sites for hydroxylation is 2. The third-order valence-corrected chi connectivity index (χ3v) is 8.62. The van der Waals surface area contributed by atoms with Gasteiger partial charge in [0.25, 0.3) is 5.91 Å². The molecule has 1 amide bonds.